The third-order valence-electron chi connectivity index (χ3n) is 3.96. The minimum absolute atomic E-state index is 0.110. The fourth-order valence-electron chi connectivity index (χ4n) is 2.85. The first kappa shape index (κ1) is 12.7. The Kier molecular flexibility index (Phi) is 3.55. The van der Waals surface area contributed by atoms with E-state index in [-0.39, 0.29) is 12.1 Å². The highest BCUT2D eigenvalue weighted by molar-refractivity contribution is 5.82. The van der Waals surface area contributed by atoms with E-state index in [9.17, 15) is 5.11 Å². The van der Waals surface area contributed by atoms with Gasteiger partial charge in [-0.3, -0.25) is 4.90 Å². The number of aromatic amines is 1. The van der Waals surface area contributed by atoms with Crippen LogP contribution in [0.1, 0.15) is 12.5 Å². The van der Waals surface area contributed by atoms with Crippen molar-refractivity contribution in [2.45, 2.75) is 25.6 Å². The number of ether oxygens (including phenoxy) is 1. The molecule has 0 spiro atoms. The monoisotopic (exact) mass is 260 g/mol. The lowest BCUT2D eigenvalue weighted by atomic mass is 10.1. The molecule has 0 aliphatic carbocycles. The number of benzene rings is 1. The molecule has 2 N–H and O–H groups in total. The van der Waals surface area contributed by atoms with Gasteiger partial charge in [-0.25, -0.2) is 0 Å². The Morgan fingerprint density at radius 2 is 2.26 bits per heavy atom. The summed E-state index contributed by atoms with van der Waals surface area (Å²) < 4.78 is 5.36. The molecule has 0 radical (unpaired) electrons. The van der Waals surface area contributed by atoms with E-state index in [1.165, 1.54) is 10.9 Å². The highest BCUT2D eigenvalue weighted by Crippen LogP contribution is 2.22. The van der Waals surface area contributed by atoms with Crippen molar-refractivity contribution < 1.29 is 9.84 Å². The van der Waals surface area contributed by atoms with Crippen molar-refractivity contribution in [1.82, 2.24) is 9.88 Å². The van der Waals surface area contributed by atoms with Crippen LogP contribution in [0.3, 0.4) is 0 Å². The van der Waals surface area contributed by atoms with E-state index >= 15 is 0 Å². The molecular weight excluding hydrogens is 240 g/mol. The van der Waals surface area contributed by atoms with Crippen molar-refractivity contribution in [1.29, 1.82) is 0 Å². The zero-order valence-corrected chi connectivity index (χ0v) is 11.2. The van der Waals surface area contributed by atoms with Gasteiger partial charge in [-0.2, -0.15) is 0 Å². The third-order valence-corrected chi connectivity index (χ3v) is 3.96. The second kappa shape index (κ2) is 5.33. The molecule has 0 bridgehead atoms. The molecule has 4 nitrogen and oxygen atoms in total. The Labute approximate surface area is 113 Å². The number of aliphatic hydroxyl groups is 1. The lowest BCUT2D eigenvalue weighted by molar-refractivity contribution is 0.0810. The standard InChI is InChI=1S/C15H20N2O2/c1-2-17(14-9-19-10-15(14)18)8-11-4-3-5-13-12(11)6-7-16-13/h3-7,14-16,18H,2,8-10H2,1H3/t14-,15-/m1/s1. The molecule has 4 heteroatoms. The normalized spacial score (nSPS) is 23.5. The van der Waals surface area contributed by atoms with Crippen LogP contribution >= 0.6 is 0 Å². The van der Waals surface area contributed by atoms with Gasteiger partial charge >= 0.3 is 0 Å². The highest BCUT2D eigenvalue weighted by atomic mass is 16.5. The van der Waals surface area contributed by atoms with E-state index in [0.717, 1.165) is 18.6 Å². The van der Waals surface area contributed by atoms with E-state index in [2.05, 4.69) is 41.1 Å². The van der Waals surface area contributed by atoms with Crippen molar-refractivity contribution in [2.75, 3.05) is 19.8 Å². The van der Waals surface area contributed by atoms with Crippen LogP contribution in [0.25, 0.3) is 10.9 Å². The number of hydrogen-bond acceptors (Lipinski definition) is 3. The molecule has 1 aromatic carbocycles. The average Bonchev–Trinajstić information content (AvgIpc) is 3.05. The van der Waals surface area contributed by atoms with Crippen LogP contribution in [0.4, 0.5) is 0 Å². The third kappa shape index (κ3) is 2.39. The van der Waals surface area contributed by atoms with Gasteiger partial charge in [-0.1, -0.05) is 19.1 Å². The molecule has 102 valence electrons. The van der Waals surface area contributed by atoms with Crippen molar-refractivity contribution >= 4 is 10.9 Å². The number of rotatable bonds is 4. The molecule has 1 aliphatic rings. The van der Waals surface area contributed by atoms with Gasteiger partial charge in [0, 0.05) is 23.6 Å². The summed E-state index contributed by atoms with van der Waals surface area (Å²) in [6, 6.07) is 8.53. The summed E-state index contributed by atoms with van der Waals surface area (Å²) in [4.78, 5) is 5.53. The average molecular weight is 260 g/mol. The van der Waals surface area contributed by atoms with Crippen molar-refractivity contribution in [2.24, 2.45) is 0 Å². The van der Waals surface area contributed by atoms with Gasteiger partial charge in [0.05, 0.1) is 25.4 Å². The van der Waals surface area contributed by atoms with Gasteiger partial charge in [0.1, 0.15) is 0 Å². The quantitative estimate of drug-likeness (QED) is 0.880. The number of nitrogens with zero attached hydrogens (tertiary/aromatic N) is 1. The Bertz CT molecular complexity index is 552. The van der Waals surface area contributed by atoms with Crippen LogP contribution in [0.5, 0.6) is 0 Å². The Morgan fingerprint density at radius 1 is 1.37 bits per heavy atom. The fraction of sp³-hybridized carbons (Fsp3) is 0.467. The molecule has 2 aromatic rings. The predicted octanol–water partition coefficient (Wildman–Crippen LogP) is 1.75. The zero-order valence-electron chi connectivity index (χ0n) is 11.2. The first-order chi connectivity index (χ1) is 9.29. The molecule has 0 amide bonds. The summed E-state index contributed by atoms with van der Waals surface area (Å²) in [6.07, 6.45) is 1.60. The number of aromatic nitrogens is 1. The second-order valence-electron chi connectivity index (χ2n) is 5.09. The lowest BCUT2D eigenvalue weighted by Gasteiger charge is -2.28. The topological polar surface area (TPSA) is 48.5 Å². The number of likely N-dealkylation sites (N-methyl/N-ethyl adjacent to an activating group) is 1. The van der Waals surface area contributed by atoms with Gasteiger partial charge in [0.25, 0.3) is 0 Å². The van der Waals surface area contributed by atoms with Gasteiger partial charge in [0.15, 0.2) is 0 Å². The van der Waals surface area contributed by atoms with Crippen LogP contribution in [0.2, 0.25) is 0 Å². The summed E-state index contributed by atoms with van der Waals surface area (Å²) in [5.74, 6) is 0. The molecule has 2 heterocycles. The highest BCUT2D eigenvalue weighted by Gasteiger charge is 2.31. The van der Waals surface area contributed by atoms with Gasteiger partial charge < -0.3 is 14.8 Å². The molecular formula is C15H20N2O2. The van der Waals surface area contributed by atoms with Crippen molar-refractivity contribution in [3.8, 4) is 0 Å². The summed E-state index contributed by atoms with van der Waals surface area (Å²) in [5, 5.41) is 11.2. The molecule has 0 unspecified atom stereocenters. The SMILES string of the molecule is CCN(Cc1cccc2[nH]ccc12)[C@@H]1COC[C@H]1O. The number of fused-ring (bicyclic) bond motifs is 1. The van der Waals surface area contributed by atoms with Crippen LogP contribution in [-0.4, -0.2) is 46.9 Å². The van der Waals surface area contributed by atoms with E-state index < -0.39 is 0 Å². The molecule has 1 aromatic heterocycles. The summed E-state index contributed by atoms with van der Waals surface area (Å²) in [6.45, 7) is 4.96. The lowest BCUT2D eigenvalue weighted by Crippen LogP contribution is -2.42. The summed E-state index contributed by atoms with van der Waals surface area (Å²) >= 11 is 0. The maximum absolute atomic E-state index is 9.97. The van der Waals surface area contributed by atoms with Crippen LogP contribution < -0.4 is 0 Å². The van der Waals surface area contributed by atoms with Crippen LogP contribution in [-0.2, 0) is 11.3 Å². The molecule has 1 fully saturated rings. The van der Waals surface area contributed by atoms with Gasteiger partial charge in [-0.15, -0.1) is 0 Å². The zero-order chi connectivity index (χ0) is 13.2. The number of aliphatic hydroxyl groups excluding tert-OH is 1. The Balaban J connectivity index is 1.84. The maximum Gasteiger partial charge on any atom is 0.0950 e. The maximum atomic E-state index is 9.97. The van der Waals surface area contributed by atoms with E-state index in [1.807, 2.05) is 6.20 Å². The van der Waals surface area contributed by atoms with Crippen LogP contribution in [0.15, 0.2) is 30.5 Å². The number of H-pyrrole nitrogens is 1. The Morgan fingerprint density at radius 3 is 3.00 bits per heavy atom. The first-order valence-electron chi connectivity index (χ1n) is 6.84. The minimum Gasteiger partial charge on any atom is -0.389 e. The number of nitrogens with one attached hydrogen (secondary N) is 1. The fourth-order valence-corrected chi connectivity index (χ4v) is 2.85. The van der Waals surface area contributed by atoms with E-state index in [4.69, 9.17) is 4.74 Å². The van der Waals surface area contributed by atoms with E-state index in [1.54, 1.807) is 0 Å². The predicted molar refractivity (Wildman–Crippen MR) is 75.0 cm³/mol. The Hall–Kier alpha value is -1.36. The molecule has 0 saturated carbocycles. The molecule has 2 atom stereocenters. The molecule has 1 aliphatic heterocycles. The molecule has 1 saturated heterocycles. The van der Waals surface area contributed by atoms with Gasteiger partial charge in [0.2, 0.25) is 0 Å². The van der Waals surface area contributed by atoms with Crippen molar-refractivity contribution in [3.05, 3.63) is 36.0 Å². The molecule has 3 rings (SSSR count). The van der Waals surface area contributed by atoms with E-state index in [0.29, 0.717) is 13.2 Å². The largest absolute Gasteiger partial charge is 0.389 e. The smallest absolute Gasteiger partial charge is 0.0950 e. The van der Waals surface area contributed by atoms with Gasteiger partial charge in [-0.05, 0) is 24.2 Å². The minimum atomic E-state index is -0.370. The molecule has 19 heavy (non-hydrogen) atoms. The summed E-state index contributed by atoms with van der Waals surface area (Å²) in [5.41, 5.74) is 2.46. The summed E-state index contributed by atoms with van der Waals surface area (Å²) in [7, 11) is 0. The van der Waals surface area contributed by atoms with Crippen LogP contribution in [0, 0.1) is 0 Å². The first-order valence-corrected chi connectivity index (χ1v) is 6.84. The second-order valence-corrected chi connectivity index (χ2v) is 5.09. The number of hydrogen-bond donors (Lipinski definition) is 2. The van der Waals surface area contributed by atoms with Crippen molar-refractivity contribution in [3.63, 3.8) is 0 Å².